The van der Waals surface area contributed by atoms with Crippen LogP contribution in [0.15, 0.2) is 5.38 Å². The highest BCUT2D eigenvalue weighted by atomic mass is 32.1. The predicted molar refractivity (Wildman–Crippen MR) is 69.9 cm³/mol. The Bertz CT molecular complexity index is 343. The zero-order chi connectivity index (χ0) is 11.6. The van der Waals surface area contributed by atoms with Crippen LogP contribution in [0.25, 0.3) is 0 Å². The van der Waals surface area contributed by atoms with Gasteiger partial charge in [0.15, 0.2) is 0 Å². The molecule has 16 heavy (non-hydrogen) atoms. The Labute approximate surface area is 102 Å². The molecule has 2 nitrogen and oxygen atoms in total. The number of hydrogen-bond acceptors (Lipinski definition) is 3. The number of aromatic nitrogens is 1. The van der Waals surface area contributed by atoms with Gasteiger partial charge in [-0.25, -0.2) is 4.98 Å². The van der Waals surface area contributed by atoms with Gasteiger partial charge < -0.3 is 5.32 Å². The van der Waals surface area contributed by atoms with E-state index in [1.165, 1.54) is 23.5 Å². The summed E-state index contributed by atoms with van der Waals surface area (Å²) in [5.74, 6) is 0.911. The molecule has 0 radical (unpaired) electrons. The highest BCUT2D eigenvalue weighted by molar-refractivity contribution is 7.09. The second kappa shape index (κ2) is 4.84. The van der Waals surface area contributed by atoms with Crippen LogP contribution in [0.5, 0.6) is 0 Å². The molecular formula is C13H22N2S. The lowest BCUT2D eigenvalue weighted by Gasteiger charge is -2.29. The Balaban J connectivity index is 2.01. The molecule has 2 rings (SSSR count). The Morgan fingerprint density at radius 2 is 2.31 bits per heavy atom. The molecule has 1 N–H and O–H groups in total. The molecule has 1 aliphatic carbocycles. The fourth-order valence-electron chi connectivity index (χ4n) is 2.45. The maximum atomic E-state index is 4.60. The van der Waals surface area contributed by atoms with Gasteiger partial charge in [0.1, 0.15) is 0 Å². The quantitative estimate of drug-likeness (QED) is 0.824. The van der Waals surface area contributed by atoms with E-state index in [4.69, 9.17) is 0 Å². The van der Waals surface area contributed by atoms with Crippen molar-refractivity contribution in [2.75, 3.05) is 13.1 Å². The molecule has 90 valence electrons. The molecular weight excluding hydrogens is 216 g/mol. The highest BCUT2D eigenvalue weighted by Crippen LogP contribution is 2.47. The molecule has 0 aliphatic heterocycles. The van der Waals surface area contributed by atoms with E-state index in [0.29, 0.717) is 5.41 Å². The van der Waals surface area contributed by atoms with Gasteiger partial charge in [0.25, 0.3) is 0 Å². The van der Waals surface area contributed by atoms with Crippen molar-refractivity contribution in [1.82, 2.24) is 10.3 Å². The third-order valence-electron chi connectivity index (χ3n) is 3.59. The van der Waals surface area contributed by atoms with Crippen LogP contribution in [0, 0.1) is 18.3 Å². The molecule has 0 bridgehead atoms. The zero-order valence-corrected chi connectivity index (χ0v) is 11.4. The Kier molecular flexibility index (Phi) is 3.65. The van der Waals surface area contributed by atoms with Gasteiger partial charge in [0.2, 0.25) is 0 Å². The lowest BCUT2D eigenvalue weighted by atomic mass is 9.80. The minimum Gasteiger partial charge on any atom is -0.316 e. The van der Waals surface area contributed by atoms with Crippen molar-refractivity contribution >= 4 is 11.3 Å². The lowest BCUT2D eigenvalue weighted by molar-refractivity contribution is 0.256. The maximum Gasteiger partial charge on any atom is 0.0897 e. The molecule has 0 spiro atoms. The van der Waals surface area contributed by atoms with E-state index in [0.717, 1.165) is 25.4 Å². The molecule has 1 unspecified atom stereocenters. The van der Waals surface area contributed by atoms with E-state index in [-0.39, 0.29) is 0 Å². The van der Waals surface area contributed by atoms with Crippen LogP contribution in [0.4, 0.5) is 0 Å². The number of thiazole rings is 1. The van der Waals surface area contributed by atoms with Gasteiger partial charge in [-0.3, -0.25) is 0 Å². The molecule has 0 saturated heterocycles. The topological polar surface area (TPSA) is 24.9 Å². The summed E-state index contributed by atoms with van der Waals surface area (Å²) in [6.45, 7) is 8.89. The van der Waals surface area contributed by atoms with Crippen molar-refractivity contribution in [2.45, 2.75) is 40.0 Å². The van der Waals surface area contributed by atoms with Crippen LogP contribution in [0.3, 0.4) is 0 Å². The SMILES string of the molecule is CCNCC(C)(Cc1csc(C)n1)C1CC1. The van der Waals surface area contributed by atoms with Crippen molar-refractivity contribution in [3.63, 3.8) is 0 Å². The van der Waals surface area contributed by atoms with Gasteiger partial charge in [0, 0.05) is 11.9 Å². The smallest absolute Gasteiger partial charge is 0.0897 e. The average molecular weight is 238 g/mol. The molecule has 1 fully saturated rings. The van der Waals surface area contributed by atoms with E-state index >= 15 is 0 Å². The third kappa shape index (κ3) is 2.83. The summed E-state index contributed by atoms with van der Waals surface area (Å²) in [7, 11) is 0. The van der Waals surface area contributed by atoms with Crippen LogP contribution < -0.4 is 5.32 Å². The second-order valence-electron chi connectivity index (χ2n) is 5.24. The summed E-state index contributed by atoms with van der Waals surface area (Å²) in [6.07, 6.45) is 3.95. The third-order valence-corrected chi connectivity index (χ3v) is 4.42. The van der Waals surface area contributed by atoms with E-state index in [1.54, 1.807) is 11.3 Å². The molecule has 0 amide bonds. The fourth-order valence-corrected chi connectivity index (χ4v) is 3.06. The van der Waals surface area contributed by atoms with Crippen LogP contribution in [-0.4, -0.2) is 18.1 Å². The molecule has 1 aliphatic rings. The number of nitrogens with one attached hydrogen (secondary N) is 1. The van der Waals surface area contributed by atoms with Gasteiger partial charge in [-0.1, -0.05) is 13.8 Å². The summed E-state index contributed by atoms with van der Waals surface area (Å²) in [5.41, 5.74) is 1.70. The minimum absolute atomic E-state index is 0.413. The summed E-state index contributed by atoms with van der Waals surface area (Å²) in [4.78, 5) is 4.60. The molecule has 1 aromatic heterocycles. The number of rotatable bonds is 6. The summed E-state index contributed by atoms with van der Waals surface area (Å²) in [5, 5.41) is 6.93. The summed E-state index contributed by atoms with van der Waals surface area (Å²) in [6, 6.07) is 0. The van der Waals surface area contributed by atoms with Gasteiger partial charge in [-0.2, -0.15) is 0 Å². The van der Waals surface area contributed by atoms with Crippen LogP contribution in [0.1, 0.15) is 37.4 Å². The Morgan fingerprint density at radius 3 is 2.81 bits per heavy atom. The highest BCUT2D eigenvalue weighted by Gasteiger charge is 2.41. The largest absolute Gasteiger partial charge is 0.316 e. The minimum atomic E-state index is 0.413. The van der Waals surface area contributed by atoms with Crippen molar-refractivity contribution in [3.05, 3.63) is 16.1 Å². The van der Waals surface area contributed by atoms with Crippen molar-refractivity contribution in [1.29, 1.82) is 0 Å². The van der Waals surface area contributed by atoms with Gasteiger partial charge in [-0.15, -0.1) is 11.3 Å². The molecule has 1 saturated carbocycles. The first kappa shape index (κ1) is 12.1. The van der Waals surface area contributed by atoms with Crippen molar-refractivity contribution in [2.24, 2.45) is 11.3 Å². The van der Waals surface area contributed by atoms with E-state index in [2.05, 4.69) is 36.5 Å². The first-order valence-corrected chi connectivity index (χ1v) is 7.14. The van der Waals surface area contributed by atoms with Gasteiger partial charge in [-0.05, 0) is 44.1 Å². The number of aryl methyl sites for hydroxylation is 1. The number of nitrogens with zero attached hydrogens (tertiary/aromatic N) is 1. The molecule has 1 atom stereocenters. The van der Waals surface area contributed by atoms with Crippen LogP contribution >= 0.6 is 11.3 Å². The first-order chi connectivity index (χ1) is 7.64. The predicted octanol–water partition coefficient (Wildman–Crippen LogP) is 3.02. The van der Waals surface area contributed by atoms with E-state index < -0.39 is 0 Å². The van der Waals surface area contributed by atoms with Crippen molar-refractivity contribution in [3.8, 4) is 0 Å². The second-order valence-corrected chi connectivity index (χ2v) is 6.31. The Hall–Kier alpha value is -0.410. The van der Waals surface area contributed by atoms with Crippen molar-refractivity contribution < 1.29 is 0 Å². The number of hydrogen-bond donors (Lipinski definition) is 1. The van der Waals surface area contributed by atoms with Crippen LogP contribution in [-0.2, 0) is 6.42 Å². The maximum absolute atomic E-state index is 4.60. The summed E-state index contributed by atoms with van der Waals surface area (Å²) >= 11 is 1.77. The van der Waals surface area contributed by atoms with Gasteiger partial charge in [0.05, 0.1) is 10.7 Å². The zero-order valence-electron chi connectivity index (χ0n) is 10.5. The van der Waals surface area contributed by atoms with Gasteiger partial charge >= 0.3 is 0 Å². The summed E-state index contributed by atoms with van der Waals surface area (Å²) < 4.78 is 0. The molecule has 1 heterocycles. The fraction of sp³-hybridized carbons (Fsp3) is 0.769. The monoisotopic (exact) mass is 238 g/mol. The Morgan fingerprint density at radius 1 is 1.56 bits per heavy atom. The normalized spacial score (nSPS) is 19.7. The van der Waals surface area contributed by atoms with Crippen LogP contribution in [0.2, 0.25) is 0 Å². The molecule has 1 aromatic rings. The van der Waals surface area contributed by atoms with E-state index in [9.17, 15) is 0 Å². The first-order valence-electron chi connectivity index (χ1n) is 6.26. The lowest BCUT2D eigenvalue weighted by Crippen LogP contribution is -2.35. The molecule has 0 aromatic carbocycles. The van der Waals surface area contributed by atoms with E-state index in [1.807, 2.05) is 0 Å². The average Bonchev–Trinajstić information content (AvgIpc) is 3.02. The standard InChI is InChI=1S/C13H22N2S/c1-4-14-9-13(3,11-5-6-11)7-12-8-16-10(2)15-12/h8,11,14H,4-7,9H2,1-3H3. The molecule has 3 heteroatoms.